The zero-order valence-corrected chi connectivity index (χ0v) is 75.9. The van der Waals surface area contributed by atoms with E-state index in [1.54, 1.807) is 101 Å². The summed E-state index contributed by atoms with van der Waals surface area (Å²) in [5.74, 6) is 4.84. The molecule has 3 aliphatic heterocycles. The fourth-order valence-corrected chi connectivity index (χ4v) is 19.8. The number of imidazole rings is 1. The minimum absolute atomic E-state index is 0.0374. The van der Waals surface area contributed by atoms with Gasteiger partial charge in [0, 0.05) is 86.0 Å². The van der Waals surface area contributed by atoms with Crippen LogP contribution in [-0.2, 0) is 66.9 Å². The molecule has 20 rings (SSSR count). The van der Waals surface area contributed by atoms with Crippen molar-refractivity contribution in [1.82, 2.24) is 33.6 Å². The Balaban J connectivity index is 0.000000123. The fourth-order valence-electron chi connectivity index (χ4n) is 19.8. The van der Waals surface area contributed by atoms with Gasteiger partial charge in [-0.15, -0.1) is 0 Å². The first-order valence-corrected chi connectivity index (χ1v) is 44.8. The van der Waals surface area contributed by atoms with Crippen LogP contribution in [0.1, 0.15) is 147 Å². The van der Waals surface area contributed by atoms with E-state index in [9.17, 15) is 49.8 Å². The Bertz CT molecular complexity index is 6990. The maximum Gasteiger partial charge on any atom is 0.337 e. The van der Waals surface area contributed by atoms with Crippen molar-refractivity contribution in [3.63, 3.8) is 0 Å². The summed E-state index contributed by atoms with van der Waals surface area (Å²) in [4.78, 5) is 76.1. The maximum atomic E-state index is 13.1. The molecule has 1 saturated carbocycles. The molecule has 27 nitrogen and oxygen atoms in total. The van der Waals surface area contributed by atoms with E-state index in [1.807, 2.05) is 159 Å². The highest BCUT2D eigenvalue weighted by molar-refractivity contribution is 6.02. The summed E-state index contributed by atoms with van der Waals surface area (Å²) < 4.78 is 54.8. The smallest absolute Gasteiger partial charge is 0.337 e. The Labute approximate surface area is 774 Å². The van der Waals surface area contributed by atoms with Gasteiger partial charge in [-0.2, -0.15) is 10.5 Å². The van der Waals surface area contributed by atoms with Gasteiger partial charge in [0.2, 0.25) is 5.91 Å². The molecule has 4 aromatic heterocycles. The minimum atomic E-state index is -0.473. The van der Waals surface area contributed by atoms with Crippen molar-refractivity contribution < 1.29 is 67.5 Å². The van der Waals surface area contributed by atoms with Gasteiger partial charge >= 0.3 is 5.69 Å². The quantitative estimate of drug-likeness (QED) is 0.0446. The van der Waals surface area contributed by atoms with Crippen LogP contribution in [0.25, 0.3) is 66.6 Å². The van der Waals surface area contributed by atoms with Crippen molar-refractivity contribution in [1.29, 1.82) is 10.5 Å². The summed E-state index contributed by atoms with van der Waals surface area (Å²) in [5, 5.41) is 52.1. The molecule has 3 aliphatic carbocycles. The maximum absolute atomic E-state index is 13.1. The van der Waals surface area contributed by atoms with Crippen LogP contribution < -0.4 is 55.7 Å². The minimum Gasteiger partial charge on any atom is -0.497 e. The van der Waals surface area contributed by atoms with Gasteiger partial charge in [0.15, 0.2) is 28.6 Å². The van der Waals surface area contributed by atoms with E-state index in [0.29, 0.717) is 88.5 Å². The van der Waals surface area contributed by atoms with Crippen LogP contribution in [0.3, 0.4) is 0 Å². The topological polar surface area (TPSA) is 362 Å². The van der Waals surface area contributed by atoms with Gasteiger partial charge in [0.05, 0.1) is 134 Å². The number of aliphatic hydroxyl groups excluding tert-OH is 3. The number of carbonyl (C=O) groups excluding carboxylic acids is 2. The standard InChI is InChI=1S/C28H24N2O5.C20H20N2O3.C20H21NO3.C20H25NO3.C19H16N4O3/c1-34-24-12-19-11-20(15-31)22(16-32)28(21(19)14-25(24)35-2)18-9-10-29-26(13-18)30-23-6-4-3-5-17(23)7-8-27(30)33;1-3-25-19-12-14(8-9-18(19)24-2)17(10-11-21)22-13-15-6-4-5-7-16(15)20(22)23;1-23-18-8-7-15(13-3-5-14(6-4-13)19(21)22)16-11-20(12-17(16)18)9-2-10-24-20;1-23-18-4-3-17(19(13-21)8-5-14(22)6-9-19)15-11-20(12-16(15)18)7-2-10-24-20;1-26-15-9-5-8-14(10-15)23-17-16(20-12-21-17)18(24)22(19(23)25)11-13-6-3-2-4-7-13/h3-14,31-32H,15-16H2,1-2H3;4-9,12,17H,3,10,13H2,1-2H3;3-8H,2,9-12H2,1H3,(H2,21,22);3-4,14,22H,2,5-12H2,1H3;2-10,12H,11H2,1H3,(H,20,21). The van der Waals surface area contributed by atoms with Gasteiger partial charge < -0.3 is 73.6 Å². The number of benzene rings is 10. The van der Waals surface area contributed by atoms with Gasteiger partial charge in [-0.1, -0.05) is 103 Å². The zero-order chi connectivity index (χ0) is 94.0. The number of nitrogens with zero attached hydrogens (tertiary/aromatic N) is 8. The van der Waals surface area contributed by atoms with Gasteiger partial charge in [0.25, 0.3) is 17.0 Å². The molecule has 3 atom stereocenters. The number of rotatable bonds is 21. The molecule has 3 unspecified atom stereocenters. The molecule has 7 heterocycles. The number of carbonyl (C=O) groups is 2. The number of ether oxygens (including phenoxy) is 9. The van der Waals surface area contributed by atoms with Crippen LogP contribution in [0.4, 0.5) is 0 Å². The Kier molecular flexibility index (Phi) is 28.0. The number of aromatic nitrogens is 6. The third kappa shape index (κ3) is 18.6. The molecule has 3 fully saturated rings. The first kappa shape index (κ1) is 92.6. The number of hydrogen-bond donors (Lipinski definition) is 5. The Morgan fingerprint density at radius 3 is 1.93 bits per heavy atom. The van der Waals surface area contributed by atoms with E-state index in [4.69, 9.17) is 48.4 Å². The molecule has 14 aromatic rings. The number of fused-ring (bicyclic) bond motifs is 6. The first-order valence-electron chi connectivity index (χ1n) is 44.8. The lowest BCUT2D eigenvalue weighted by Crippen LogP contribution is -2.39. The van der Waals surface area contributed by atoms with E-state index in [-0.39, 0.29) is 72.2 Å². The number of nitriles is 2. The molecule has 10 aromatic carbocycles. The van der Waals surface area contributed by atoms with Gasteiger partial charge in [-0.3, -0.25) is 28.3 Å². The second kappa shape index (κ2) is 40.6. The average Bonchev–Trinajstić information content (AvgIpc) is 1.57. The number of nitrogens with two attached hydrogens (primary N) is 1. The lowest BCUT2D eigenvalue weighted by molar-refractivity contribution is 0.0128. The monoisotopic (exact) mass is 1800 g/mol. The zero-order valence-electron chi connectivity index (χ0n) is 75.9. The van der Waals surface area contributed by atoms with E-state index in [1.165, 1.54) is 49.3 Å². The molecule has 686 valence electrons. The van der Waals surface area contributed by atoms with E-state index in [2.05, 4.69) is 39.2 Å². The number of para-hydroxylation sites is 1. The lowest BCUT2D eigenvalue weighted by Gasteiger charge is -2.35. The molecule has 2 saturated heterocycles. The van der Waals surface area contributed by atoms with Crippen molar-refractivity contribution >= 4 is 44.7 Å². The SMILES string of the molecule is CCOc1cc(C(CC#N)N2Cc3ccccc3C2=O)ccc1OC.COc1cc2cc(CO)c(CO)c(-c3ccnc(-n4c(=O)ccc5ccccc54)c3)c2cc1OC.COc1ccc(-c2ccc(C(N)=O)cc2)c2c1CC1(CCCO1)C2.COc1ccc(C2(C#N)CCC(O)CC2)c2c1CC1(CCCO1)C2.COc1cccc(-n2c(=O)n(Cc3ccccc3)c(=O)c3[nH]cnc32)c1. The number of hydrogen-bond acceptors (Lipinski definition) is 21. The Morgan fingerprint density at radius 1 is 0.604 bits per heavy atom. The molecule has 0 radical (unpaired) electrons. The third-order valence-corrected chi connectivity index (χ3v) is 26.4. The number of aromatic amines is 1. The van der Waals surface area contributed by atoms with Crippen molar-refractivity contribution in [2.45, 2.75) is 145 Å². The third-order valence-electron chi connectivity index (χ3n) is 26.4. The summed E-state index contributed by atoms with van der Waals surface area (Å²) in [6.45, 7) is 4.26. The molecule has 27 heteroatoms. The normalized spacial score (nSPS) is 17.8. The second-order valence-corrected chi connectivity index (χ2v) is 34.1. The fraction of sp³-hybridized carbons (Fsp3) is 0.299. The van der Waals surface area contributed by atoms with Crippen molar-refractivity contribution in [3.8, 4) is 86.1 Å². The highest BCUT2D eigenvalue weighted by Crippen LogP contribution is 2.52. The number of pyridine rings is 2. The van der Waals surface area contributed by atoms with Crippen LogP contribution in [0.2, 0.25) is 0 Å². The van der Waals surface area contributed by atoms with Gasteiger partial charge in [-0.05, 0) is 238 Å². The predicted molar refractivity (Wildman–Crippen MR) is 509 cm³/mol. The molecule has 2 amide bonds. The molecular weight excluding hydrogens is 1700 g/mol. The highest BCUT2D eigenvalue weighted by atomic mass is 16.5. The van der Waals surface area contributed by atoms with Crippen molar-refractivity contribution in [2.75, 3.05) is 62.5 Å². The first-order chi connectivity index (χ1) is 65.2. The second-order valence-electron chi connectivity index (χ2n) is 34.1. The number of amides is 2. The van der Waals surface area contributed by atoms with Crippen LogP contribution >= 0.6 is 0 Å². The predicted octanol–water partition coefficient (Wildman–Crippen LogP) is 16.0. The summed E-state index contributed by atoms with van der Waals surface area (Å²) in [7, 11) is 9.71. The Hall–Kier alpha value is -14.7. The summed E-state index contributed by atoms with van der Waals surface area (Å²) in [5.41, 5.74) is 20.7. The number of methoxy groups -OCH3 is 6. The van der Waals surface area contributed by atoms with Crippen LogP contribution in [0, 0.1) is 22.7 Å². The van der Waals surface area contributed by atoms with E-state index >= 15 is 0 Å². The summed E-state index contributed by atoms with van der Waals surface area (Å²) >= 11 is 0. The van der Waals surface area contributed by atoms with Crippen LogP contribution in [-0.4, -0.2) is 140 Å². The number of H-pyrrole nitrogens is 1. The molecular formula is C107H106N10O17. The number of nitrogens with one attached hydrogen (secondary N) is 1. The molecule has 0 bridgehead atoms. The molecule has 134 heavy (non-hydrogen) atoms. The lowest BCUT2D eigenvalue weighted by atomic mass is 9.68. The summed E-state index contributed by atoms with van der Waals surface area (Å²) in [6.07, 6.45) is 13.9. The van der Waals surface area contributed by atoms with Gasteiger partial charge in [-0.25, -0.2) is 19.3 Å². The number of primary amides is 1. The average molecular weight is 1800 g/mol. The van der Waals surface area contributed by atoms with Crippen LogP contribution in [0.15, 0.2) is 239 Å². The molecule has 6 N–H and O–H groups in total. The number of aliphatic hydroxyl groups is 3. The van der Waals surface area contributed by atoms with Crippen LogP contribution in [0.5, 0.6) is 40.2 Å². The Morgan fingerprint density at radius 2 is 1.27 bits per heavy atom. The molecule has 2 spiro atoms. The van der Waals surface area contributed by atoms with Crippen molar-refractivity contribution in [2.24, 2.45) is 5.73 Å². The largest absolute Gasteiger partial charge is 0.497 e. The van der Waals surface area contributed by atoms with Gasteiger partial charge in [0.1, 0.15) is 28.6 Å². The summed E-state index contributed by atoms with van der Waals surface area (Å²) in [6, 6.07) is 69.9. The molecule has 6 aliphatic rings. The van der Waals surface area contributed by atoms with E-state index in [0.717, 1.165) is 150 Å². The highest BCUT2D eigenvalue weighted by Gasteiger charge is 2.48. The van der Waals surface area contributed by atoms with Crippen molar-refractivity contribution in [3.05, 3.63) is 323 Å². The van der Waals surface area contributed by atoms with E-state index < -0.39 is 22.6 Å².